The standard InChI is InChI=1S/C13H13FN4/c1-9(17-11-7-16-18(2)8-11)12-4-3-10(6-15)5-13(12)14/h3-5,7-9,17H,1-2H3. The summed E-state index contributed by atoms with van der Waals surface area (Å²) >= 11 is 0. The van der Waals surface area contributed by atoms with Crippen LogP contribution in [0.4, 0.5) is 10.1 Å². The predicted molar refractivity (Wildman–Crippen MR) is 66.4 cm³/mol. The number of rotatable bonds is 3. The van der Waals surface area contributed by atoms with E-state index in [-0.39, 0.29) is 11.9 Å². The maximum atomic E-state index is 13.8. The van der Waals surface area contributed by atoms with E-state index in [4.69, 9.17) is 5.26 Å². The van der Waals surface area contributed by atoms with Crippen LogP contribution in [0.15, 0.2) is 30.6 Å². The minimum Gasteiger partial charge on any atom is -0.376 e. The number of aromatic nitrogens is 2. The topological polar surface area (TPSA) is 53.6 Å². The molecule has 1 N–H and O–H groups in total. The summed E-state index contributed by atoms with van der Waals surface area (Å²) in [6.07, 6.45) is 3.50. The number of hydrogen-bond donors (Lipinski definition) is 1. The van der Waals surface area contributed by atoms with Crippen molar-refractivity contribution in [1.29, 1.82) is 5.26 Å². The monoisotopic (exact) mass is 244 g/mol. The number of nitrogens with one attached hydrogen (secondary N) is 1. The van der Waals surface area contributed by atoms with Gasteiger partial charge in [-0.3, -0.25) is 4.68 Å². The Kier molecular flexibility index (Phi) is 3.28. The van der Waals surface area contributed by atoms with Crippen molar-refractivity contribution in [2.24, 2.45) is 7.05 Å². The number of nitrogens with zero attached hydrogens (tertiary/aromatic N) is 3. The number of benzene rings is 1. The van der Waals surface area contributed by atoms with Crippen LogP contribution in [-0.2, 0) is 7.05 Å². The molecule has 1 aromatic heterocycles. The molecule has 0 bridgehead atoms. The first kappa shape index (κ1) is 12.1. The summed E-state index contributed by atoms with van der Waals surface area (Å²) < 4.78 is 15.5. The average molecular weight is 244 g/mol. The van der Waals surface area contributed by atoms with Gasteiger partial charge in [-0.05, 0) is 19.1 Å². The lowest BCUT2D eigenvalue weighted by atomic mass is 10.1. The first-order chi connectivity index (χ1) is 8.60. The van der Waals surface area contributed by atoms with Crippen molar-refractivity contribution in [3.05, 3.63) is 47.5 Å². The zero-order valence-electron chi connectivity index (χ0n) is 10.2. The molecule has 1 unspecified atom stereocenters. The normalized spacial score (nSPS) is 11.9. The van der Waals surface area contributed by atoms with Crippen molar-refractivity contribution in [3.63, 3.8) is 0 Å². The van der Waals surface area contributed by atoms with Crippen molar-refractivity contribution >= 4 is 5.69 Å². The van der Waals surface area contributed by atoms with Gasteiger partial charge in [-0.2, -0.15) is 10.4 Å². The third kappa shape index (κ3) is 2.48. The summed E-state index contributed by atoms with van der Waals surface area (Å²) in [5.41, 5.74) is 1.68. The Bertz CT molecular complexity index is 597. The number of halogens is 1. The van der Waals surface area contributed by atoms with Gasteiger partial charge in [0, 0.05) is 18.8 Å². The predicted octanol–water partition coefficient (Wildman–Crippen LogP) is 2.60. The van der Waals surface area contributed by atoms with Crippen molar-refractivity contribution in [2.45, 2.75) is 13.0 Å². The Morgan fingerprint density at radius 3 is 2.83 bits per heavy atom. The maximum absolute atomic E-state index is 13.8. The maximum Gasteiger partial charge on any atom is 0.129 e. The van der Waals surface area contributed by atoms with E-state index in [0.717, 1.165) is 5.69 Å². The van der Waals surface area contributed by atoms with E-state index < -0.39 is 0 Å². The second kappa shape index (κ2) is 4.88. The fourth-order valence-electron chi connectivity index (χ4n) is 1.77. The van der Waals surface area contributed by atoms with Gasteiger partial charge < -0.3 is 5.32 Å². The highest BCUT2D eigenvalue weighted by Crippen LogP contribution is 2.22. The number of anilines is 1. The lowest BCUT2D eigenvalue weighted by molar-refractivity contribution is 0.600. The van der Waals surface area contributed by atoms with E-state index in [9.17, 15) is 4.39 Å². The van der Waals surface area contributed by atoms with Crippen molar-refractivity contribution in [2.75, 3.05) is 5.32 Å². The quantitative estimate of drug-likeness (QED) is 0.902. The molecule has 0 spiro atoms. The second-order valence-electron chi connectivity index (χ2n) is 4.12. The van der Waals surface area contributed by atoms with Gasteiger partial charge in [0.2, 0.25) is 0 Å². The van der Waals surface area contributed by atoms with Crippen LogP contribution < -0.4 is 5.32 Å². The Morgan fingerprint density at radius 2 is 2.28 bits per heavy atom. The summed E-state index contributed by atoms with van der Waals surface area (Å²) in [6.45, 7) is 1.86. The number of nitriles is 1. The number of aryl methyl sites for hydroxylation is 1. The first-order valence-corrected chi connectivity index (χ1v) is 5.55. The first-order valence-electron chi connectivity index (χ1n) is 5.55. The van der Waals surface area contributed by atoms with Gasteiger partial charge in [-0.25, -0.2) is 4.39 Å². The van der Waals surface area contributed by atoms with Crippen molar-refractivity contribution in [3.8, 4) is 6.07 Å². The van der Waals surface area contributed by atoms with Gasteiger partial charge in [0.1, 0.15) is 5.82 Å². The Morgan fingerprint density at radius 1 is 1.50 bits per heavy atom. The van der Waals surface area contributed by atoms with Crippen LogP contribution in [-0.4, -0.2) is 9.78 Å². The average Bonchev–Trinajstić information content (AvgIpc) is 2.74. The van der Waals surface area contributed by atoms with Crippen LogP contribution in [0.2, 0.25) is 0 Å². The molecule has 4 nitrogen and oxygen atoms in total. The van der Waals surface area contributed by atoms with Gasteiger partial charge in [0.05, 0.1) is 29.6 Å². The van der Waals surface area contributed by atoms with Crippen molar-refractivity contribution < 1.29 is 4.39 Å². The lowest BCUT2D eigenvalue weighted by Crippen LogP contribution is -2.08. The van der Waals surface area contributed by atoms with Crippen LogP contribution in [0.3, 0.4) is 0 Å². The zero-order valence-corrected chi connectivity index (χ0v) is 10.2. The van der Waals surface area contributed by atoms with E-state index >= 15 is 0 Å². The summed E-state index contributed by atoms with van der Waals surface area (Å²) in [6, 6.07) is 6.21. The largest absolute Gasteiger partial charge is 0.376 e. The molecule has 2 rings (SSSR count). The molecule has 0 aliphatic carbocycles. The highest BCUT2D eigenvalue weighted by Gasteiger charge is 2.12. The van der Waals surface area contributed by atoms with E-state index in [0.29, 0.717) is 11.1 Å². The molecule has 18 heavy (non-hydrogen) atoms. The molecular formula is C13H13FN4. The Labute approximate surface area is 105 Å². The van der Waals surface area contributed by atoms with Crippen LogP contribution in [0.5, 0.6) is 0 Å². The van der Waals surface area contributed by atoms with Crippen LogP contribution in [0.25, 0.3) is 0 Å². The summed E-state index contributed by atoms with van der Waals surface area (Å²) in [4.78, 5) is 0. The molecule has 1 aromatic carbocycles. The molecule has 0 aliphatic rings. The highest BCUT2D eigenvalue weighted by atomic mass is 19.1. The third-order valence-corrected chi connectivity index (χ3v) is 2.68. The van der Waals surface area contributed by atoms with Crippen molar-refractivity contribution in [1.82, 2.24) is 9.78 Å². The molecule has 5 heteroatoms. The summed E-state index contributed by atoms with van der Waals surface area (Å²) in [5, 5.41) is 15.9. The lowest BCUT2D eigenvalue weighted by Gasteiger charge is -2.14. The highest BCUT2D eigenvalue weighted by molar-refractivity contribution is 5.43. The van der Waals surface area contributed by atoms with Gasteiger partial charge in [0.15, 0.2) is 0 Å². The Hall–Kier alpha value is -2.35. The minimum absolute atomic E-state index is 0.193. The van der Waals surface area contributed by atoms with E-state index in [1.807, 2.05) is 26.2 Å². The molecule has 0 radical (unpaired) electrons. The molecule has 0 saturated carbocycles. The fourth-order valence-corrected chi connectivity index (χ4v) is 1.77. The Balaban J connectivity index is 2.19. The fraction of sp³-hybridized carbons (Fsp3) is 0.231. The third-order valence-electron chi connectivity index (χ3n) is 2.68. The SMILES string of the molecule is CC(Nc1cnn(C)c1)c1ccc(C#N)cc1F. The van der Waals surface area contributed by atoms with Gasteiger partial charge in [-0.15, -0.1) is 0 Å². The molecule has 2 aromatic rings. The molecule has 0 saturated heterocycles. The molecule has 0 amide bonds. The van der Waals surface area contributed by atoms with E-state index in [2.05, 4.69) is 10.4 Å². The minimum atomic E-state index is -0.377. The van der Waals surface area contributed by atoms with E-state index in [1.165, 1.54) is 6.07 Å². The second-order valence-corrected chi connectivity index (χ2v) is 4.12. The zero-order chi connectivity index (χ0) is 13.1. The molecule has 1 heterocycles. The summed E-state index contributed by atoms with van der Waals surface area (Å²) in [7, 11) is 1.82. The van der Waals surface area contributed by atoms with Gasteiger partial charge >= 0.3 is 0 Å². The summed E-state index contributed by atoms with van der Waals surface area (Å²) in [5.74, 6) is -0.377. The smallest absolute Gasteiger partial charge is 0.129 e. The van der Waals surface area contributed by atoms with Gasteiger partial charge in [-0.1, -0.05) is 6.07 Å². The van der Waals surface area contributed by atoms with Crippen LogP contribution >= 0.6 is 0 Å². The van der Waals surface area contributed by atoms with Gasteiger partial charge in [0.25, 0.3) is 0 Å². The van der Waals surface area contributed by atoms with Crippen LogP contribution in [0.1, 0.15) is 24.1 Å². The molecule has 0 fully saturated rings. The van der Waals surface area contributed by atoms with Crippen LogP contribution in [0, 0.1) is 17.1 Å². The number of hydrogen-bond acceptors (Lipinski definition) is 3. The molecule has 92 valence electrons. The molecular weight excluding hydrogens is 231 g/mol. The van der Waals surface area contributed by atoms with E-state index in [1.54, 1.807) is 23.0 Å². The molecule has 1 atom stereocenters. The molecule has 0 aliphatic heterocycles.